The first-order valence-electron chi connectivity index (χ1n) is 8.52. The molecule has 0 amide bonds. The average Bonchev–Trinajstić information content (AvgIpc) is 2.63. The Hall–Kier alpha value is -1.71. The zero-order chi connectivity index (χ0) is 15.5. The fourth-order valence-electron chi connectivity index (χ4n) is 3.57. The molecule has 0 radical (unpaired) electrons. The molecule has 3 heterocycles. The molecule has 24 heavy (non-hydrogen) atoms. The molecular weight excluding hydrogens is 322 g/mol. The molecule has 0 aromatic heterocycles. The van der Waals surface area contributed by atoms with Crippen molar-refractivity contribution in [2.75, 3.05) is 19.6 Å². The number of ether oxygens (including phenoxy) is 2. The van der Waals surface area contributed by atoms with E-state index in [0.29, 0.717) is 12.7 Å². The van der Waals surface area contributed by atoms with Crippen LogP contribution in [0.4, 0.5) is 0 Å². The van der Waals surface area contributed by atoms with Gasteiger partial charge >= 0.3 is 0 Å². The first-order chi connectivity index (χ1) is 11.4. The van der Waals surface area contributed by atoms with E-state index >= 15 is 0 Å². The Morgan fingerprint density at radius 1 is 0.875 bits per heavy atom. The van der Waals surface area contributed by atoms with Crippen molar-refractivity contribution < 1.29 is 9.47 Å². The molecule has 3 saturated heterocycles. The summed E-state index contributed by atoms with van der Waals surface area (Å²) in [7, 11) is 0. The molecule has 1 unspecified atom stereocenters. The van der Waals surface area contributed by atoms with Crippen LogP contribution in [0.15, 0.2) is 54.6 Å². The van der Waals surface area contributed by atoms with Gasteiger partial charge in [0, 0.05) is 6.54 Å². The molecule has 3 aliphatic heterocycles. The van der Waals surface area contributed by atoms with Gasteiger partial charge in [-0.25, -0.2) is 0 Å². The molecule has 4 heteroatoms. The molecule has 2 bridgehead atoms. The van der Waals surface area contributed by atoms with Crippen molar-refractivity contribution in [3.8, 4) is 11.5 Å². The molecule has 3 aliphatic rings. The fraction of sp³-hybridized carbons (Fsp3) is 0.400. The molecule has 0 saturated carbocycles. The lowest BCUT2D eigenvalue weighted by Crippen LogP contribution is -2.52. The number of hydrogen-bond acceptors (Lipinski definition) is 3. The van der Waals surface area contributed by atoms with Crippen LogP contribution in [-0.4, -0.2) is 30.6 Å². The quantitative estimate of drug-likeness (QED) is 0.812. The molecule has 5 rings (SSSR count). The van der Waals surface area contributed by atoms with E-state index in [1.54, 1.807) is 0 Å². The molecule has 0 aliphatic carbocycles. The van der Waals surface area contributed by atoms with E-state index in [1.807, 2.05) is 42.5 Å². The highest BCUT2D eigenvalue weighted by Crippen LogP contribution is 2.31. The molecular formula is C20H24ClNO2. The van der Waals surface area contributed by atoms with Crippen LogP contribution in [0, 0.1) is 5.92 Å². The number of hydrogen-bond donors (Lipinski definition) is 0. The van der Waals surface area contributed by atoms with Gasteiger partial charge in [-0.1, -0.05) is 30.3 Å². The highest BCUT2D eigenvalue weighted by atomic mass is 35.5. The SMILES string of the molecule is Cl.c1ccc(COc2ccc(OC3CN4CCC3CC4)cc2)cc1. The average molecular weight is 346 g/mol. The summed E-state index contributed by atoms with van der Waals surface area (Å²) in [5, 5.41) is 0. The third-order valence-electron chi connectivity index (χ3n) is 4.96. The number of piperidine rings is 3. The Kier molecular flexibility index (Phi) is 5.64. The second kappa shape index (κ2) is 7.91. The molecule has 2 aromatic rings. The number of fused-ring (bicyclic) bond motifs is 3. The second-order valence-corrected chi connectivity index (χ2v) is 6.54. The van der Waals surface area contributed by atoms with Crippen molar-refractivity contribution in [2.24, 2.45) is 5.92 Å². The van der Waals surface area contributed by atoms with Crippen molar-refractivity contribution in [3.05, 3.63) is 60.2 Å². The van der Waals surface area contributed by atoms with Gasteiger partial charge in [-0.2, -0.15) is 0 Å². The fourth-order valence-corrected chi connectivity index (χ4v) is 3.57. The van der Waals surface area contributed by atoms with Crippen LogP contribution in [0.25, 0.3) is 0 Å². The van der Waals surface area contributed by atoms with Crippen molar-refractivity contribution in [1.82, 2.24) is 4.90 Å². The smallest absolute Gasteiger partial charge is 0.120 e. The lowest BCUT2D eigenvalue weighted by atomic mass is 9.86. The van der Waals surface area contributed by atoms with E-state index in [9.17, 15) is 0 Å². The third kappa shape index (κ3) is 4.03. The summed E-state index contributed by atoms with van der Waals surface area (Å²) >= 11 is 0. The Bertz CT molecular complexity index is 624. The Balaban J connectivity index is 0.00000169. The minimum atomic E-state index is 0. The summed E-state index contributed by atoms with van der Waals surface area (Å²) in [5.41, 5.74) is 1.18. The molecule has 128 valence electrons. The Morgan fingerprint density at radius 2 is 1.54 bits per heavy atom. The molecule has 0 spiro atoms. The first-order valence-corrected chi connectivity index (χ1v) is 8.52. The zero-order valence-corrected chi connectivity index (χ0v) is 14.6. The second-order valence-electron chi connectivity index (χ2n) is 6.54. The van der Waals surface area contributed by atoms with Gasteiger partial charge in [0.25, 0.3) is 0 Å². The van der Waals surface area contributed by atoms with Crippen molar-refractivity contribution in [1.29, 1.82) is 0 Å². The maximum atomic E-state index is 6.21. The topological polar surface area (TPSA) is 21.7 Å². The van der Waals surface area contributed by atoms with E-state index in [4.69, 9.17) is 9.47 Å². The van der Waals surface area contributed by atoms with Crippen LogP contribution in [0.2, 0.25) is 0 Å². The predicted molar refractivity (Wildman–Crippen MR) is 98.0 cm³/mol. The normalized spacial score (nSPS) is 24.9. The number of halogens is 1. The van der Waals surface area contributed by atoms with Crippen molar-refractivity contribution in [3.63, 3.8) is 0 Å². The lowest BCUT2D eigenvalue weighted by Gasteiger charge is -2.44. The van der Waals surface area contributed by atoms with E-state index < -0.39 is 0 Å². The summed E-state index contributed by atoms with van der Waals surface area (Å²) in [6.45, 7) is 4.17. The van der Waals surface area contributed by atoms with Crippen LogP contribution in [0.3, 0.4) is 0 Å². The standard InChI is InChI=1S/C20H23NO2.ClH/c1-2-4-16(5-3-1)15-22-18-6-8-19(9-7-18)23-20-14-21-12-10-17(20)11-13-21;/h1-9,17,20H,10-15H2;1H. The van der Waals surface area contributed by atoms with Gasteiger partial charge in [-0.05, 0) is 61.7 Å². The number of nitrogens with zero attached hydrogens (tertiary/aromatic N) is 1. The maximum Gasteiger partial charge on any atom is 0.120 e. The summed E-state index contributed by atoms with van der Waals surface area (Å²) in [6.07, 6.45) is 2.92. The van der Waals surface area contributed by atoms with Gasteiger partial charge in [0.15, 0.2) is 0 Å². The van der Waals surface area contributed by atoms with Crippen molar-refractivity contribution in [2.45, 2.75) is 25.6 Å². The van der Waals surface area contributed by atoms with Crippen molar-refractivity contribution >= 4 is 12.4 Å². The highest BCUT2D eigenvalue weighted by Gasteiger charge is 2.35. The van der Waals surface area contributed by atoms with Crippen LogP contribution in [-0.2, 0) is 6.61 Å². The minimum Gasteiger partial charge on any atom is -0.489 e. The number of benzene rings is 2. The zero-order valence-electron chi connectivity index (χ0n) is 13.8. The van der Waals surface area contributed by atoms with Gasteiger partial charge < -0.3 is 9.47 Å². The Labute approximate surface area is 150 Å². The summed E-state index contributed by atoms with van der Waals surface area (Å²) in [4.78, 5) is 2.52. The van der Waals surface area contributed by atoms with Crippen LogP contribution >= 0.6 is 12.4 Å². The van der Waals surface area contributed by atoms with Gasteiger partial charge in [0.05, 0.1) is 0 Å². The van der Waals surface area contributed by atoms with E-state index in [0.717, 1.165) is 24.0 Å². The predicted octanol–water partition coefficient (Wildman–Crippen LogP) is 4.16. The maximum absolute atomic E-state index is 6.21. The number of rotatable bonds is 5. The van der Waals surface area contributed by atoms with E-state index in [2.05, 4.69) is 17.0 Å². The molecule has 1 atom stereocenters. The van der Waals surface area contributed by atoms with E-state index in [1.165, 1.54) is 31.5 Å². The Morgan fingerprint density at radius 3 is 2.17 bits per heavy atom. The third-order valence-corrected chi connectivity index (χ3v) is 4.96. The van der Waals surface area contributed by atoms with Gasteiger partial charge in [-0.3, -0.25) is 4.90 Å². The summed E-state index contributed by atoms with van der Waals surface area (Å²) in [6, 6.07) is 18.3. The van der Waals surface area contributed by atoms with Crippen LogP contribution in [0.1, 0.15) is 18.4 Å². The summed E-state index contributed by atoms with van der Waals surface area (Å²) in [5.74, 6) is 2.57. The first kappa shape index (κ1) is 17.1. The van der Waals surface area contributed by atoms with Gasteiger partial charge in [0.2, 0.25) is 0 Å². The van der Waals surface area contributed by atoms with Crippen LogP contribution in [0.5, 0.6) is 11.5 Å². The minimum absolute atomic E-state index is 0. The van der Waals surface area contributed by atoms with E-state index in [-0.39, 0.29) is 12.4 Å². The molecule has 3 fully saturated rings. The molecule has 3 nitrogen and oxygen atoms in total. The van der Waals surface area contributed by atoms with Gasteiger partial charge in [0.1, 0.15) is 24.2 Å². The van der Waals surface area contributed by atoms with Gasteiger partial charge in [-0.15, -0.1) is 12.4 Å². The lowest BCUT2D eigenvalue weighted by molar-refractivity contribution is -0.00778. The highest BCUT2D eigenvalue weighted by molar-refractivity contribution is 5.85. The monoisotopic (exact) mass is 345 g/mol. The molecule has 2 aromatic carbocycles. The molecule has 0 N–H and O–H groups in total. The van der Waals surface area contributed by atoms with Crippen LogP contribution < -0.4 is 9.47 Å². The summed E-state index contributed by atoms with van der Waals surface area (Å²) < 4.78 is 12.0. The largest absolute Gasteiger partial charge is 0.489 e.